The predicted octanol–water partition coefficient (Wildman–Crippen LogP) is 3.42. The summed E-state index contributed by atoms with van der Waals surface area (Å²) in [7, 11) is 0. The largest absolute Gasteiger partial charge is 0.383 e. The summed E-state index contributed by atoms with van der Waals surface area (Å²) in [4.78, 5) is 12.1. The Morgan fingerprint density at radius 2 is 1.67 bits per heavy atom. The van der Waals surface area contributed by atoms with Crippen LogP contribution in [0.5, 0.6) is 0 Å². The Morgan fingerprint density at radius 1 is 1.04 bits per heavy atom. The molecule has 0 aromatic heterocycles. The molecule has 0 bridgehead atoms. The Hall–Kier alpha value is -2.13. The predicted molar refractivity (Wildman–Crippen MR) is 95.5 cm³/mol. The highest BCUT2D eigenvalue weighted by Gasteiger charge is 2.45. The summed E-state index contributed by atoms with van der Waals surface area (Å²) in [5.74, 6) is 0.269. The second-order valence-corrected chi connectivity index (χ2v) is 6.68. The number of benzene rings is 2. The first-order valence-corrected chi connectivity index (χ1v) is 8.77. The molecule has 0 radical (unpaired) electrons. The molecule has 1 fully saturated rings. The van der Waals surface area contributed by atoms with E-state index in [2.05, 4.69) is 17.4 Å². The van der Waals surface area contributed by atoms with Crippen LogP contribution in [0.2, 0.25) is 0 Å². The lowest BCUT2D eigenvalue weighted by Gasteiger charge is -2.29. The fraction of sp³-hybridized carbons (Fsp3) is 0.381. The van der Waals surface area contributed by atoms with Gasteiger partial charge in [0.05, 0.1) is 6.54 Å². The molecule has 2 aromatic carbocycles. The van der Waals surface area contributed by atoms with E-state index in [0.29, 0.717) is 13.0 Å². The van der Waals surface area contributed by atoms with Crippen molar-refractivity contribution in [3.63, 3.8) is 0 Å². The summed E-state index contributed by atoms with van der Waals surface area (Å²) in [6, 6.07) is 19.9. The third-order valence-electron chi connectivity index (χ3n) is 4.79. The highest BCUT2D eigenvalue weighted by atomic mass is 16.3. The highest BCUT2D eigenvalue weighted by molar-refractivity contribution is 5.76. The first-order valence-electron chi connectivity index (χ1n) is 8.77. The van der Waals surface area contributed by atoms with Gasteiger partial charge in [-0.3, -0.25) is 4.79 Å². The van der Waals surface area contributed by atoms with E-state index in [1.807, 2.05) is 48.5 Å². The zero-order valence-corrected chi connectivity index (χ0v) is 13.9. The Bertz CT molecular complexity index is 652. The van der Waals surface area contributed by atoms with Crippen LogP contribution in [0, 0.1) is 5.92 Å². The van der Waals surface area contributed by atoms with Crippen molar-refractivity contribution in [3.05, 3.63) is 71.8 Å². The van der Waals surface area contributed by atoms with Crippen LogP contribution in [0.3, 0.4) is 0 Å². The minimum atomic E-state index is -0.934. The molecule has 0 saturated heterocycles. The van der Waals surface area contributed by atoms with Gasteiger partial charge in [0.1, 0.15) is 5.60 Å². The summed E-state index contributed by atoms with van der Waals surface area (Å²) in [6.07, 6.45) is 4.26. The van der Waals surface area contributed by atoms with Gasteiger partial charge >= 0.3 is 0 Å². The van der Waals surface area contributed by atoms with Crippen LogP contribution >= 0.6 is 0 Å². The van der Waals surface area contributed by atoms with E-state index in [0.717, 1.165) is 31.2 Å². The maximum atomic E-state index is 12.1. The molecule has 1 unspecified atom stereocenters. The van der Waals surface area contributed by atoms with Crippen LogP contribution in [-0.2, 0) is 16.8 Å². The minimum Gasteiger partial charge on any atom is -0.383 e. The van der Waals surface area contributed by atoms with E-state index < -0.39 is 5.60 Å². The third-order valence-corrected chi connectivity index (χ3v) is 4.79. The van der Waals surface area contributed by atoms with Crippen LogP contribution in [0.25, 0.3) is 0 Å². The van der Waals surface area contributed by atoms with E-state index in [1.165, 1.54) is 5.56 Å². The Labute approximate surface area is 143 Å². The van der Waals surface area contributed by atoms with Gasteiger partial charge in [-0.05, 0) is 42.7 Å². The van der Waals surface area contributed by atoms with E-state index in [9.17, 15) is 9.90 Å². The number of nitrogens with one attached hydrogen (secondary N) is 1. The molecule has 0 heterocycles. The molecule has 0 aliphatic heterocycles. The number of amides is 1. The number of hydrogen-bond donors (Lipinski definition) is 2. The van der Waals surface area contributed by atoms with Gasteiger partial charge in [-0.25, -0.2) is 0 Å². The molecule has 1 amide bonds. The molecule has 1 aliphatic rings. The molecule has 3 nitrogen and oxygen atoms in total. The lowest BCUT2D eigenvalue weighted by molar-refractivity contribution is -0.122. The normalized spacial score (nSPS) is 16.4. The van der Waals surface area contributed by atoms with Crippen molar-refractivity contribution in [2.24, 2.45) is 5.92 Å². The summed E-state index contributed by atoms with van der Waals surface area (Å²) in [6.45, 7) is 0.297. The second-order valence-electron chi connectivity index (χ2n) is 6.68. The Morgan fingerprint density at radius 3 is 2.29 bits per heavy atom. The number of carbonyl (C=O) groups is 1. The molecule has 24 heavy (non-hydrogen) atoms. The summed E-state index contributed by atoms with van der Waals surface area (Å²) < 4.78 is 0. The minimum absolute atomic E-state index is 0.0148. The second kappa shape index (κ2) is 7.63. The van der Waals surface area contributed by atoms with E-state index in [4.69, 9.17) is 0 Å². The van der Waals surface area contributed by atoms with Gasteiger partial charge in [-0.15, -0.1) is 0 Å². The maximum absolute atomic E-state index is 12.1. The SMILES string of the molecule is O=C(CCCc1ccccc1)NCC(O)(c1ccccc1)C1CC1. The molecule has 1 saturated carbocycles. The lowest BCUT2D eigenvalue weighted by atomic mass is 9.88. The average Bonchev–Trinajstić information content (AvgIpc) is 3.47. The molecule has 1 atom stereocenters. The fourth-order valence-electron chi connectivity index (χ4n) is 3.19. The van der Waals surface area contributed by atoms with Gasteiger partial charge in [0.15, 0.2) is 0 Å². The standard InChI is InChI=1S/C21H25NO2/c23-20(13-7-10-17-8-3-1-4-9-17)22-16-21(24,19-14-15-19)18-11-5-2-6-12-18/h1-6,8-9,11-12,19,24H,7,10,13-16H2,(H,22,23). The van der Waals surface area contributed by atoms with E-state index in [-0.39, 0.29) is 11.8 Å². The number of hydrogen-bond acceptors (Lipinski definition) is 2. The maximum Gasteiger partial charge on any atom is 0.220 e. The van der Waals surface area contributed by atoms with Gasteiger partial charge in [0, 0.05) is 6.42 Å². The molecular formula is C21H25NO2. The van der Waals surface area contributed by atoms with Gasteiger partial charge in [-0.1, -0.05) is 60.7 Å². The molecule has 3 rings (SSSR count). The van der Waals surface area contributed by atoms with Crippen LogP contribution < -0.4 is 5.32 Å². The van der Waals surface area contributed by atoms with Crippen LogP contribution in [0.4, 0.5) is 0 Å². The van der Waals surface area contributed by atoms with Crippen molar-refractivity contribution in [2.75, 3.05) is 6.54 Å². The molecule has 1 aliphatic carbocycles. The summed E-state index contributed by atoms with van der Waals surface area (Å²) in [5, 5.41) is 14.0. The monoisotopic (exact) mass is 323 g/mol. The Balaban J connectivity index is 1.49. The van der Waals surface area contributed by atoms with E-state index >= 15 is 0 Å². The van der Waals surface area contributed by atoms with Gasteiger partial charge in [0.25, 0.3) is 0 Å². The smallest absolute Gasteiger partial charge is 0.220 e. The van der Waals surface area contributed by atoms with Gasteiger partial charge < -0.3 is 10.4 Å². The average molecular weight is 323 g/mol. The van der Waals surface area contributed by atoms with E-state index in [1.54, 1.807) is 0 Å². The molecule has 126 valence electrons. The molecule has 2 N–H and O–H groups in total. The van der Waals surface area contributed by atoms with Crippen molar-refractivity contribution >= 4 is 5.91 Å². The van der Waals surface area contributed by atoms with Crippen molar-refractivity contribution in [1.82, 2.24) is 5.32 Å². The van der Waals surface area contributed by atoms with Crippen molar-refractivity contribution in [1.29, 1.82) is 0 Å². The Kier molecular flexibility index (Phi) is 5.31. The highest BCUT2D eigenvalue weighted by Crippen LogP contribution is 2.45. The number of carbonyl (C=O) groups excluding carboxylic acids is 1. The van der Waals surface area contributed by atoms with Gasteiger partial charge in [-0.2, -0.15) is 0 Å². The fourth-order valence-corrected chi connectivity index (χ4v) is 3.19. The number of aliphatic hydroxyl groups is 1. The quantitative estimate of drug-likeness (QED) is 0.782. The first-order chi connectivity index (χ1) is 11.7. The van der Waals surface area contributed by atoms with Crippen LogP contribution in [0.1, 0.15) is 36.8 Å². The van der Waals surface area contributed by atoms with Gasteiger partial charge in [0.2, 0.25) is 5.91 Å². The molecule has 0 spiro atoms. The zero-order chi connectivity index (χ0) is 16.8. The van der Waals surface area contributed by atoms with Crippen molar-refractivity contribution in [3.8, 4) is 0 Å². The number of rotatable bonds is 8. The lowest BCUT2D eigenvalue weighted by Crippen LogP contribution is -2.42. The van der Waals surface area contributed by atoms with Crippen LogP contribution in [0.15, 0.2) is 60.7 Å². The molecular weight excluding hydrogens is 298 g/mol. The molecule has 3 heteroatoms. The summed E-state index contributed by atoms with van der Waals surface area (Å²) >= 11 is 0. The first kappa shape index (κ1) is 16.7. The van der Waals surface area contributed by atoms with Crippen LogP contribution in [-0.4, -0.2) is 17.6 Å². The van der Waals surface area contributed by atoms with Crippen molar-refractivity contribution in [2.45, 2.75) is 37.7 Å². The van der Waals surface area contributed by atoms with Crippen molar-refractivity contribution < 1.29 is 9.90 Å². The topological polar surface area (TPSA) is 49.3 Å². The summed E-state index contributed by atoms with van der Waals surface area (Å²) in [5.41, 5.74) is 1.22. The number of aryl methyl sites for hydroxylation is 1. The zero-order valence-electron chi connectivity index (χ0n) is 13.9. The third kappa shape index (κ3) is 4.24. The molecule has 2 aromatic rings.